The van der Waals surface area contributed by atoms with Crippen LogP contribution in [0.3, 0.4) is 0 Å². The maximum atomic E-state index is 12.5. The minimum Gasteiger partial charge on any atom is -0.341 e. The molecular weight excluding hydrogens is 284 g/mol. The minimum absolute atomic E-state index is 0.0598. The van der Waals surface area contributed by atoms with Gasteiger partial charge in [-0.2, -0.15) is 0 Å². The maximum Gasteiger partial charge on any atom is 0.239 e. The summed E-state index contributed by atoms with van der Waals surface area (Å²) in [4.78, 5) is 14.5. The second-order valence-corrected chi connectivity index (χ2v) is 6.28. The molecule has 0 radical (unpaired) electrons. The third kappa shape index (κ3) is 4.45. The molecule has 0 aromatic heterocycles. The van der Waals surface area contributed by atoms with E-state index >= 15 is 0 Å². The van der Waals surface area contributed by atoms with E-state index in [1.165, 1.54) is 12.8 Å². The number of rotatable bonds is 4. The quantitative estimate of drug-likeness (QED) is 0.918. The molecule has 4 heteroatoms. The van der Waals surface area contributed by atoms with Crippen LogP contribution in [0.5, 0.6) is 0 Å². The van der Waals surface area contributed by atoms with E-state index < -0.39 is 0 Å². The second kappa shape index (κ2) is 7.81. The van der Waals surface area contributed by atoms with Crippen LogP contribution in [0.15, 0.2) is 24.3 Å². The molecule has 1 amide bonds. The molecule has 1 heterocycles. The third-order valence-electron chi connectivity index (χ3n) is 4.16. The molecule has 2 unspecified atom stereocenters. The molecular formula is C17H25ClN2O. The molecule has 116 valence electrons. The van der Waals surface area contributed by atoms with Gasteiger partial charge in [-0.05, 0) is 38.3 Å². The highest BCUT2D eigenvalue weighted by atomic mass is 35.5. The number of likely N-dealkylation sites (tertiary alicyclic amines) is 1. The highest BCUT2D eigenvalue weighted by Crippen LogP contribution is 2.22. The number of amides is 1. The van der Waals surface area contributed by atoms with Gasteiger partial charge in [0.1, 0.15) is 0 Å². The molecule has 2 rings (SSSR count). The number of halogens is 1. The number of carbonyl (C=O) groups excluding carboxylic acids is 1. The van der Waals surface area contributed by atoms with Crippen molar-refractivity contribution in [2.24, 2.45) is 0 Å². The second-order valence-electron chi connectivity index (χ2n) is 5.87. The van der Waals surface area contributed by atoms with Gasteiger partial charge < -0.3 is 4.90 Å². The zero-order valence-corrected chi connectivity index (χ0v) is 13.7. The highest BCUT2D eigenvalue weighted by molar-refractivity contribution is 6.31. The van der Waals surface area contributed by atoms with E-state index in [-0.39, 0.29) is 18.0 Å². The van der Waals surface area contributed by atoms with Gasteiger partial charge in [0.25, 0.3) is 0 Å². The molecule has 0 spiro atoms. The number of carbonyl (C=O) groups is 1. The molecule has 0 bridgehead atoms. The SMILES string of the molecule is CC(NC(C)c1ccccc1Cl)C(=O)N1CCCCCC1. The van der Waals surface area contributed by atoms with E-state index in [9.17, 15) is 4.79 Å². The average molecular weight is 309 g/mol. The Kier molecular flexibility index (Phi) is 6.07. The molecule has 1 aromatic rings. The zero-order valence-electron chi connectivity index (χ0n) is 12.9. The summed E-state index contributed by atoms with van der Waals surface area (Å²) >= 11 is 6.22. The molecule has 1 saturated heterocycles. The van der Waals surface area contributed by atoms with E-state index in [0.29, 0.717) is 0 Å². The lowest BCUT2D eigenvalue weighted by Gasteiger charge is -2.27. The third-order valence-corrected chi connectivity index (χ3v) is 4.50. The number of nitrogens with one attached hydrogen (secondary N) is 1. The number of hydrogen-bond acceptors (Lipinski definition) is 2. The first-order valence-electron chi connectivity index (χ1n) is 7.89. The van der Waals surface area contributed by atoms with Crippen molar-refractivity contribution in [1.29, 1.82) is 0 Å². The largest absolute Gasteiger partial charge is 0.341 e. The summed E-state index contributed by atoms with van der Waals surface area (Å²) in [7, 11) is 0. The van der Waals surface area contributed by atoms with Crippen LogP contribution >= 0.6 is 11.6 Å². The van der Waals surface area contributed by atoms with Crippen LogP contribution in [0.2, 0.25) is 5.02 Å². The Morgan fingerprint density at radius 2 is 1.76 bits per heavy atom. The van der Waals surface area contributed by atoms with Crippen molar-refractivity contribution in [2.75, 3.05) is 13.1 Å². The summed E-state index contributed by atoms with van der Waals surface area (Å²) in [6.45, 7) is 5.78. The Hall–Kier alpha value is -1.06. The molecule has 1 fully saturated rings. The van der Waals surface area contributed by atoms with Crippen LogP contribution in [-0.2, 0) is 4.79 Å². The molecule has 21 heavy (non-hydrogen) atoms. The van der Waals surface area contributed by atoms with Crippen LogP contribution in [0.4, 0.5) is 0 Å². The lowest BCUT2D eigenvalue weighted by molar-refractivity contribution is -0.133. The van der Waals surface area contributed by atoms with Gasteiger partial charge in [0.05, 0.1) is 6.04 Å². The predicted molar refractivity (Wildman–Crippen MR) is 87.5 cm³/mol. The Morgan fingerprint density at radius 3 is 2.38 bits per heavy atom. The monoisotopic (exact) mass is 308 g/mol. The van der Waals surface area contributed by atoms with Gasteiger partial charge >= 0.3 is 0 Å². The van der Waals surface area contributed by atoms with Crippen molar-refractivity contribution in [3.63, 3.8) is 0 Å². The molecule has 1 aliphatic rings. The van der Waals surface area contributed by atoms with Crippen molar-refractivity contribution in [1.82, 2.24) is 10.2 Å². The highest BCUT2D eigenvalue weighted by Gasteiger charge is 2.23. The Bertz CT molecular complexity index is 470. The Balaban J connectivity index is 1.95. The van der Waals surface area contributed by atoms with Crippen molar-refractivity contribution in [3.8, 4) is 0 Å². The summed E-state index contributed by atoms with van der Waals surface area (Å²) in [6.07, 6.45) is 4.72. The van der Waals surface area contributed by atoms with Gasteiger partial charge in [-0.15, -0.1) is 0 Å². The fourth-order valence-corrected chi connectivity index (χ4v) is 3.23. The maximum absolute atomic E-state index is 12.5. The molecule has 1 aliphatic heterocycles. The van der Waals surface area contributed by atoms with E-state index in [4.69, 9.17) is 11.6 Å². The molecule has 0 aliphatic carbocycles. The van der Waals surface area contributed by atoms with Gasteiger partial charge in [-0.1, -0.05) is 42.6 Å². The predicted octanol–water partition coefficient (Wildman–Crippen LogP) is 3.78. The smallest absolute Gasteiger partial charge is 0.239 e. The minimum atomic E-state index is -0.186. The molecule has 0 saturated carbocycles. The van der Waals surface area contributed by atoms with Gasteiger partial charge in [0.15, 0.2) is 0 Å². The lowest BCUT2D eigenvalue weighted by Crippen LogP contribution is -2.46. The first-order chi connectivity index (χ1) is 10.1. The Labute approximate surface area is 132 Å². The zero-order chi connectivity index (χ0) is 15.2. The standard InChI is InChI=1S/C17H25ClN2O/c1-13(15-9-5-6-10-16(15)18)19-14(2)17(21)20-11-7-3-4-8-12-20/h5-6,9-10,13-14,19H,3-4,7-8,11-12H2,1-2H3. The molecule has 2 atom stereocenters. The van der Waals surface area contributed by atoms with Gasteiger partial charge in [-0.3, -0.25) is 10.1 Å². The van der Waals surface area contributed by atoms with E-state index in [1.807, 2.05) is 43.0 Å². The van der Waals surface area contributed by atoms with Gasteiger partial charge in [0, 0.05) is 24.2 Å². The normalized spacial score (nSPS) is 18.9. The topological polar surface area (TPSA) is 32.3 Å². The van der Waals surface area contributed by atoms with Gasteiger partial charge in [-0.25, -0.2) is 0 Å². The number of benzene rings is 1. The summed E-state index contributed by atoms with van der Waals surface area (Å²) in [5.74, 6) is 0.204. The van der Waals surface area contributed by atoms with E-state index in [1.54, 1.807) is 0 Å². The lowest BCUT2D eigenvalue weighted by atomic mass is 10.1. The van der Waals surface area contributed by atoms with Crippen LogP contribution < -0.4 is 5.32 Å². The van der Waals surface area contributed by atoms with E-state index in [0.717, 1.165) is 36.5 Å². The van der Waals surface area contributed by atoms with Crippen molar-refractivity contribution in [3.05, 3.63) is 34.9 Å². The first kappa shape index (κ1) is 16.3. The first-order valence-corrected chi connectivity index (χ1v) is 8.26. The summed E-state index contributed by atoms with van der Waals surface area (Å²) < 4.78 is 0. The Morgan fingerprint density at radius 1 is 1.14 bits per heavy atom. The van der Waals surface area contributed by atoms with Gasteiger partial charge in [0.2, 0.25) is 5.91 Å². The van der Waals surface area contributed by atoms with Crippen molar-refractivity contribution in [2.45, 2.75) is 51.6 Å². The van der Waals surface area contributed by atoms with E-state index in [2.05, 4.69) is 5.32 Å². The number of nitrogens with zero attached hydrogens (tertiary/aromatic N) is 1. The summed E-state index contributed by atoms with van der Waals surface area (Å²) in [5, 5.41) is 4.12. The average Bonchev–Trinajstić information content (AvgIpc) is 2.75. The summed E-state index contributed by atoms with van der Waals surface area (Å²) in [6, 6.07) is 7.66. The van der Waals surface area contributed by atoms with Crippen LogP contribution in [0.1, 0.15) is 51.1 Å². The molecule has 1 N–H and O–H groups in total. The van der Waals surface area contributed by atoms with Crippen molar-refractivity contribution < 1.29 is 4.79 Å². The van der Waals surface area contributed by atoms with Crippen LogP contribution in [0, 0.1) is 0 Å². The summed E-state index contributed by atoms with van der Waals surface area (Å²) in [5.41, 5.74) is 1.04. The fraction of sp³-hybridized carbons (Fsp3) is 0.588. The van der Waals surface area contributed by atoms with Crippen LogP contribution in [-0.4, -0.2) is 29.9 Å². The molecule has 3 nitrogen and oxygen atoms in total. The van der Waals surface area contributed by atoms with Crippen LogP contribution in [0.25, 0.3) is 0 Å². The molecule has 1 aromatic carbocycles. The fourth-order valence-electron chi connectivity index (χ4n) is 2.93. The van der Waals surface area contributed by atoms with Crippen molar-refractivity contribution >= 4 is 17.5 Å². The number of hydrogen-bond donors (Lipinski definition) is 1.